The molecule has 0 saturated heterocycles. The topological polar surface area (TPSA) is 102 Å². The van der Waals surface area contributed by atoms with Gasteiger partial charge in [0.15, 0.2) is 9.84 Å². The van der Waals surface area contributed by atoms with Crippen LogP contribution in [0.25, 0.3) is 10.9 Å². The van der Waals surface area contributed by atoms with Crippen molar-refractivity contribution in [1.29, 1.82) is 0 Å². The Balaban J connectivity index is 2.71. The van der Waals surface area contributed by atoms with Crippen molar-refractivity contribution in [3.05, 3.63) is 29.5 Å². The summed E-state index contributed by atoms with van der Waals surface area (Å²) in [6.07, 6.45) is 1.13. The van der Waals surface area contributed by atoms with E-state index < -0.39 is 21.8 Å². The van der Waals surface area contributed by atoms with Crippen molar-refractivity contribution in [2.24, 2.45) is 5.73 Å². The smallest absolute Gasteiger partial charge is 0.327 e. The van der Waals surface area contributed by atoms with Gasteiger partial charge in [-0.25, -0.2) is 8.42 Å². The largest absolute Gasteiger partial charge is 0.468 e. The maximum atomic E-state index is 11.6. The number of esters is 1. The van der Waals surface area contributed by atoms with Gasteiger partial charge in [-0.3, -0.25) is 4.79 Å². The quantitative estimate of drug-likeness (QED) is 0.824. The third kappa shape index (κ3) is 2.41. The second-order valence-corrected chi connectivity index (χ2v) is 6.66. The van der Waals surface area contributed by atoms with E-state index in [-0.39, 0.29) is 4.90 Å². The molecule has 2 aromatic rings. The van der Waals surface area contributed by atoms with Crippen molar-refractivity contribution in [3.8, 4) is 0 Å². The molecule has 0 aliphatic rings. The van der Waals surface area contributed by atoms with Gasteiger partial charge in [0.1, 0.15) is 6.04 Å². The van der Waals surface area contributed by atoms with Crippen LogP contribution >= 0.6 is 0 Å². The van der Waals surface area contributed by atoms with Crippen LogP contribution in [-0.4, -0.2) is 32.7 Å². The van der Waals surface area contributed by atoms with Crippen LogP contribution in [0.1, 0.15) is 17.3 Å². The van der Waals surface area contributed by atoms with Crippen LogP contribution in [0.4, 0.5) is 0 Å². The first kappa shape index (κ1) is 14.5. The van der Waals surface area contributed by atoms with Crippen molar-refractivity contribution >= 4 is 26.7 Å². The molecule has 1 aromatic carbocycles. The minimum atomic E-state index is -3.32. The lowest BCUT2D eigenvalue weighted by Crippen LogP contribution is -2.23. The minimum absolute atomic E-state index is 0.183. The number of nitrogens with one attached hydrogen (secondary N) is 1. The molecule has 3 N–H and O–H groups in total. The van der Waals surface area contributed by atoms with Crippen LogP contribution in [0.3, 0.4) is 0 Å². The molecule has 1 aromatic heterocycles. The van der Waals surface area contributed by atoms with E-state index in [2.05, 4.69) is 9.72 Å². The molecule has 0 amide bonds. The Morgan fingerprint density at radius 3 is 2.60 bits per heavy atom. The zero-order chi connectivity index (χ0) is 15.1. The van der Waals surface area contributed by atoms with Gasteiger partial charge < -0.3 is 15.5 Å². The highest BCUT2D eigenvalue weighted by molar-refractivity contribution is 7.90. The number of aromatic amines is 1. The molecule has 20 heavy (non-hydrogen) atoms. The maximum absolute atomic E-state index is 11.6. The molecule has 0 spiro atoms. The lowest BCUT2D eigenvalue weighted by atomic mass is 10.0. The van der Waals surface area contributed by atoms with Gasteiger partial charge in [0.25, 0.3) is 0 Å². The van der Waals surface area contributed by atoms with Gasteiger partial charge in [0.05, 0.1) is 12.0 Å². The molecular formula is C13H16N2O4S. The molecule has 6 nitrogen and oxygen atoms in total. The molecule has 0 saturated carbocycles. The van der Waals surface area contributed by atoms with Crippen LogP contribution in [0, 0.1) is 6.92 Å². The summed E-state index contributed by atoms with van der Waals surface area (Å²) in [5.74, 6) is -0.571. The molecule has 1 atom stereocenters. The number of sulfone groups is 1. The fourth-order valence-electron chi connectivity index (χ4n) is 2.20. The summed E-state index contributed by atoms with van der Waals surface area (Å²) in [5.41, 5.74) is 7.87. The monoisotopic (exact) mass is 296 g/mol. The summed E-state index contributed by atoms with van der Waals surface area (Å²) in [6.45, 7) is 1.78. The van der Waals surface area contributed by atoms with Crippen LogP contribution in [0.2, 0.25) is 0 Å². The Morgan fingerprint density at radius 2 is 2.05 bits per heavy atom. The molecule has 0 aliphatic carbocycles. The third-order valence-electron chi connectivity index (χ3n) is 3.20. The van der Waals surface area contributed by atoms with Crippen LogP contribution in [0.15, 0.2) is 23.1 Å². The lowest BCUT2D eigenvalue weighted by Gasteiger charge is -2.10. The highest BCUT2D eigenvalue weighted by Gasteiger charge is 2.23. The number of aromatic nitrogens is 1. The fraction of sp³-hybridized carbons (Fsp3) is 0.308. The van der Waals surface area contributed by atoms with Crippen molar-refractivity contribution in [1.82, 2.24) is 4.98 Å². The predicted molar refractivity (Wildman–Crippen MR) is 75.1 cm³/mol. The first-order chi connectivity index (χ1) is 9.25. The molecule has 0 aliphatic heterocycles. The summed E-state index contributed by atoms with van der Waals surface area (Å²) in [4.78, 5) is 14.9. The highest BCUT2D eigenvalue weighted by Crippen LogP contribution is 2.29. The maximum Gasteiger partial charge on any atom is 0.327 e. The number of H-pyrrole nitrogens is 1. The molecule has 0 bridgehead atoms. The van der Waals surface area contributed by atoms with Gasteiger partial charge in [-0.05, 0) is 25.1 Å². The van der Waals surface area contributed by atoms with Gasteiger partial charge in [0.2, 0.25) is 0 Å². The minimum Gasteiger partial charge on any atom is -0.468 e. The summed E-state index contributed by atoms with van der Waals surface area (Å²) in [5, 5.41) is 0.614. The first-order valence-corrected chi connectivity index (χ1v) is 7.80. The molecular weight excluding hydrogens is 280 g/mol. The first-order valence-electron chi connectivity index (χ1n) is 5.91. The fourth-order valence-corrected chi connectivity index (χ4v) is 2.85. The van der Waals surface area contributed by atoms with E-state index in [1.165, 1.54) is 19.2 Å². The molecule has 2 rings (SSSR count). The molecule has 0 radical (unpaired) electrons. The second kappa shape index (κ2) is 4.92. The Morgan fingerprint density at radius 1 is 1.40 bits per heavy atom. The van der Waals surface area contributed by atoms with Crippen molar-refractivity contribution in [2.75, 3.05) is 13.4 Å². The number of hydrogen-bond donors (Lipinski definition) is 2. The van der Waals surface area contributed by atoms with E-state index >= 15 is 0 Å². The standard InChI is InChI=1S/C13H16N2O4S/c1-7-11(12(14)13(16)19-2)9-6-8(20(3,17)18)4-5-10(9)15-7/h4-6,12,15H,14H2,1-3H3. The number of hydrogen-bond acceptors (Lipinski definition) is 5. The molecule has 7 heteroatoms. The summed E-state index contributed by atoms with van der Waals surface area (Å²) in [7, 11) is -2.07. The van der Waals surface area contributed by atoms with Gasteiger partial charge in [-0.2, -0.15) is 0 Å². The van der Waals surface area contributed by atoms with Gasteiger partial charge >= 0.3 is 5.97 Å². The number of aryl methyl sites for hydroxylation is 1. The third-order valence-corrected chi connectivity index (χ3v) is 4.31. The number of nitrogens with two attached hydrogens (primary N) is 1. The summed E-state index contributed by atoms with van der Waals surface area (Å²) >= 11 is 0. The van der Waals surface area contributed by atoms with Crippen LogP contribution < -0.4 is 5.73 Å². The Labute approximate surface area is 116 Å². The Bertz CT molecular complexity index is 777. The van der Waals surface area contributed by atoms with Crippen LogP contribution in [-0.2, 0) is 19.4 Å². The second-order valence-electron chi connectivity index (χ2n) is 4.64. The normalized spacial score (nSPS) is 13.4. The number of methoxy groups -OCH3 is 1. The Kier molecular flexibility index (Phi) is 3.58. The highest BCUT2D eigenvalue weighted by atomic mass is 32.2. The van der Waals surface area contributed by atoms with E-state index in [1.54, 1.807) is 13.0 Å². The number of carbonyl (C=O) groups is 1. The number of ether oxygens (including phenoxy) is 1. The predicted octanol–water partition coefficient (Wildman–Crippen LogP) is 1.05. The summed E-state index contributed by atoms with van der Waals surface area (Å²) < 4.78 is 27.9. The van der Waals surface area contributed by atoms with Gasteiger partial charge in [-0.15, -0.1) is 0 Å². The van der Waals surface area contributed by atoms with E-state index in [0.717, 1.165) is 11.8 Å². The zero-order valence-corrected chi connectivity index (χ0v) is 12.2. The number of carbonyl (C=O) groups excluding carboxylic acids is 1. The van der Waals surface area contributed by atoms with E-state index in [9.17, 15) is 13.2 Å². The number of rotatable bonds is 3. The Hall–Kier alpha value is -1.86. The molecule has 108 valence electrons. The zero-order valence-electron chi connectivity index (χ0n) is 11.4. The number of fused-ring (bicyclic) bond motifs is 1. The summed E-state index contributed by atoms with van der Waals surface area (Å²) in [6, 6.07) is 3.74. The van der Waals surface area contributed by atoms with E-state index in [1.807, 2.05) is 0 Å². The van der Waals surface area contributed by atoms with Crippen LogP contribution in [0.5, 0.6) is 0 Å². The number of benzene rings is 1. The average molecular weight is 296 g/mol. The molecule has 0 fully saturated rings. The van der Waals surface area contributed by atoms with Gasteiger partial charge in [-0.1, -0.05) is 0 Å². The van der Waals surface area contributed by atoms with Crippen molar-refractivity contribution in [3.63, 3.8) is 0 Å². The van der Waals surface area contributed by atoms with Gasteiger partial charge in [0, 0.05) is 28.4 Å². The van der Waals surface area contributed by atoms with Crippen molar-refractivity contribution < 1.29 is 17.9 Å². The lowest BCUT2D eigenvalue weighted by molar-refractivity contribution is -0.142. The van der Waals surface area contributed by atoms with E-state index in [4.69, 9.17) is 5.73 Å². The SMILES string of the molecule is COC(=O)C(N)c1c(C)[nH]c2ccc(S(C)(=O)=O)cc12. The molecule has 1 unspecified atom stereocenters. The van der Waals surface area contributed by atoms with E-state index in [0.29, 0.717) is 16.6 Å². The molecule has 1 heterocycles. The van der Waals surface area contributed by atoms with Crippen molar-refractivity contribution in [2.45, 2.75) is 17.9 Å². The average Bonchev–Trinajstić information content (AvgIpc) is 2.70.